The van der Waals surface area contributed by atoms with E-state index >= 15 is 0 Å². The Labute approximate surface area is 143 Å². The van der Waals surface area contributed by atoms with Crippen LogP contribution < -0.4 is 4.65 Å². The van der Waals surface area contributed by atoms with Crippen molar-refractivity contribution in [2.24, 2.45) is 0 Å². The number of hydrogen-bond donors (Lipinski definition) is 0. The smallest absolute Gasteiger partial charge is 0.445 e. The average molecular weight is 375 g/mol. The number of rotatable bonds is 3. The minimum Gasteiger partial charge on any atom is -0.622 e. The highest BCUT2D eigenvalue weighted by molar-refractivity contribution is 7.15. The van der Waals surface area contributed by atoms with Crippen LogP contribution in [0.2, 0.25) is 0 Å². The van der Waals surface area contributed by atoms with Gasteiger partial charge in [0.05, 0.1) is 12.1 Å². The molecule has 0 aromatic carbocycles. The third-order valence-electron chi connectivity index (χ3n) is 3.52. The zero-order valence-corrected chi connectivity index (χ0v) is 13.6. The normalized spacial score (nSPS) is 24.4. The van der Waals surface area contributed by atoms with E-state index in [2.05, 4.69) is 15.2 Å². The molecule has 0 aliphatic carbocycles. The molecule has 2 unspecified atom stereocenters. The third kappa shape index (κ3) is 3.46. The van der Waals surface area contributed by atoms with Gasteiger partial charge in [-0.1, -0.05) is 5.10 Å². The Morgan fingerprint density at radius 2 is 2.08 bits per heavy atom. The maximum atomic E-state index is 13.1. The average Bonchev–Trinajstić information content (AvgIpc) is 3.14. The van der Waals surface area contributed by atoms with E-state index in [0.29, 0.717) is 0 Å². The second-order valence-electron chi connectivity index (χ2n) is 5.46. The quantitative estimate of drug-likeness (QED) is 0.459. The first-order valence-corrected chi connectivity index (χ1v) is 7.81. The largest absolute Gasteiger partial charge is 0.622 e. The molecular weight excluding hydrogens is 363 g/mol. The second-order valence-corrected chi connectivity index (χ2v) is 6.42. The lowest BCUT2D eigenvalue weighted by atomic mass is 10.3. The summed E-state index contributed by atoms with van der Waals surface area (Å²) in [5.74, 6) is -0.762. The van der Waals surface area contributed by atoms with Crippen molar-refractivity contribution < 1.29 is 22.7 Å². The molecule has 12 heteroatoms. The summed E-state index contributed by atoms with van der Waals surface area (Å²) in [5, 5.41) is 17.9. The zero-order valence-electron chi connectivity index (χ0n) is 12.8. The number of carbonyl (C=O) groups is 1. The van der Waals surface area contributed by atoms with Gasteiger partial charge in [-0.3, -0.25) is 9.63 Å². The van der Waals surface area contributed by atoms with Crippen molar-refractivity contribution in [1.29, 1.82) is 0 Å². The Morgan fingerprint density at radius 1 is 1.40 bits per heavy atom. The van der Waals surface area contributed by atoms with Crippen LogP contribution in [0.15, 0.2) is 24.5 Å². The van der Waals surface area contributed by atoms with E-state index < -0.39 is 33.2 Å². The number of hydroxylamine groups is 2. The summed E-state index contributed by atoms with van der Waals surface area (Å²) in [6, 6.07) is 2.82. The number of pyridine rings is 1. The predicted octanol–water partition coefficient (Wildman–Crippen LogP) is 1.84. The summed E-state index contributed by atoms with van der Waals surface area (Å²) in [7, 11) is 1.59. The highest BCUT2D eigenvalue weighted by Gasteiger charge is 2.47. The van der Waals surface area contributed by atoms with Crippen LogP contribution in [0.25, 0.3) is 0 Å². The molecule has 2 aromatic rings. The van der Waals surface area contributed by atoms with Crippen LogP contribution in [0, 0.1) is 5.21 Å². The standard InChI is InChI=1S/C13H12F3N5O3S/c1-20-6-9(24-10(22)8-2-4-17-5-3-8)21(23,7-20)12-19-18-11(25-12)13(14,15)16/h2-5,9H,6-7H2,1H3. The Kier molecular flexibility index (Phi) is 4.45. The SMILES string of the molecule is CN1CC(OC(=O)c2ccncc2)[N+]([O-])(c2nnc(C(F)(F)F)s2)C1. The molecule has 25 heavy (non-hydrogen) atoms. The van der Waals surface area contributed by atoms with Gasteiger partial charge < -0.3 is 9.94 Å². The van der Waals surface area contributed by atoms with Crippen molar-refractivity contribution >= 4 is 22.4 Å². The molecule has 1 saturated heterocycles. The van der Waals surface area contributed by atoms with Gasteiger partial charge in [0.15, 0.2) is 0 Å². The predicted molar refractivity (Wildman–Crippen MR) is 81.0 cm³/mol. The van der Waals surface area contributed by atoms with Gasteiger partial charge in [-0.25, -0.2) is 9.69 Å². The lowest BCUT2D eigenvalue weighted by Gasteiger charge is -2.38. The number of likely N-dealkylation sites (N-methyl/N-ethyl adjacent to an activating group) is 1. The molecule has 3 rings (SSSR count). The number of halogens is 3. The molecule has 1 aliphatic heterocycles. The van der Waals surface area contributed by atoms with E-state index in [1.807, 2.05) is 0 Å². The molecule has 0 saturated carbocycles. The van der Waals surface area contributed by atoms with Gasteiger partial charge >= 0.3 is 17.3 Å². The van der Waals surface area contributed by atoms with Crippen LogP contribution in [0.3, 0.4) is 0 Å². The molecule has 2 atom stereocenters. The van der Waals surface area contributed by atoms with Crippen LogP contribution >= 0.6 is 11.3 Å². The number of quaternary nitrogens is 1. The lowest BCUT2D eigenvalue weighted by Crippen LogP contribution is -2.50. The summed E-state index contributed by atoms with van der Waals surface area (Å²) in [6.45, 7) is -0.151. The van der Waals surface area contributed by atoms with Crippen LogP contribution in [0.4, 0.5) is 18.3 Å². The summed E-state index contributed by atoms with van der Waals surface area (Å²) in [6.07, 6.45) is -3.17. The van der Waals surface area contributed by atoms with Gasteiger partial charge in [-0.2, -0.15) is 13.2 Å². The summed E-state index contributed by atoms with van der Waals surface area (Å²) in [4.78, 5) is 17.5. The molecule has 0 radical (unpaired) electrons. The fourth-order valence-corrected chi connectivity index (χ4v) is 3.16. The second kappa shape index (κ2) is 6.29. The van der Waals surface area contributed by atoms with Crippen molar-refractivity contribution in [3.63, 3.8) is 0 Å². The number of hydrogen-bond acceptors (Lipinski definition) is 8. The number of nitrogens with zero attached hydrogens (tertiary/aromatic N) is 5. The summed E-state index contributed by atoms with van der Waals surface area (Å²) >= 11 is 0.149. The Hall–Kier alpha value is -2.15. The molecule has 3 heterocycles. The van der Waals surface area contributed by atoms with Gasteiger partial charge in [-0.15, -0.1) is 5.10 Å². The van der Waals surface area contributed by atoms with E-state index in [4.69, 9.17) is 4.74 Å². The van der Waals surface area contributed by atoms with E-state index in [0.717, 1.165) is 0 Å². The number of carbonyl (C=O) groups excluding carboxylic acids is 1. The van der Waals surface area contributed by atoms with Gasteiger partial charge in [0.1, 0.15) is 6.67 Å². The molecule has 0 N–H and O–H groups in total. The Balaban J connectivity index is 1.85. The maximum absolute atomic E-state index is 13.1. The van der Waals surface area contributed by atoms with E-state index in [1.165, 1.54) is 24.5 Å². The molecule has 0 amide bonds. The lowest BCUT2D eigenvalue weighted by molar-refractivity contribution is -0.138. The number of ether oxygens (including phenoxy) is 1. The molecule has 8 nitrogen and oxygen atoms in total. The summed E-state index contributed by atoms with van der Waals surface area (Å²) < 4.78 is 42.1. The molecule has 134 valence electrons. The highest BCUT2D eigenvalue weighted by atomic mass is 32.1. The highest BCUT2D eigenvalue weighted by Crippen LogP contribution is 2.39. The zero-order chi connectivity index (χ0) is 18.2. The first kappa shape index (κ1) is 17.7. The van der Waals surface area contributed by atoms with Gasteiger partial charge in [0, 0.05) is 12.4 Å². The van der Waals surface area contributed by atoms with Gasteiger partial charge in [-0.05, 0) is 30.5 Å². The van der Waals surface area contributed by atoms with Crippen LogP contribution in [-0.4, -0.2) is 52.5 Å². The fraction of sp³-hybridized carbons (Fsp3) is 0.385. The first-order chi connectivity index (χ1) is 11.7. The van der Waals surface area contributed by atoms with Crippen molar-refractivity contribution in [3.8, 4) is 0 Å². The van der Waals surface area contributed by atoms with E-state index in [-0.39, 0.29) is 30.1 Å². The first-order valence-electron chi connectivity index (χ1n) is 7.00. The van der Waals surface area contributed by atoms with Crippen molar-refractivity contribution in [1.82, 2.24) is 24.7 Å². The minimum absolute atomic E-state index is 0.0568. The van der Waals surface area contributed by atoms with Crippen molar-refractivity contribution in [2.45, 2.75) is 12.4 Å². The number of alkyl halides is 3. The number of esters is 1. The topological polar surface area (TPSA) is 91.3 Å². The summed E-state index contributed by atoms with van der Waals surface area (Å²) in [5.41, 5.74) is 0.185. The van der Waals surface area contributed by atoms with Crippen molar-refractivity contribution in [3.05, 3.63) is 40.3 Å². The van der Waals surface area contributed by atoms with Crippen LogP contribution in [-0.2, 0) is 10.9 Å². The van der Waals surface area contributed by atoms with Crippen molar-refractivity contribution in [2.75, 3.05) is 20.3 Å². The monoisotopic (exact) mass is 375 g/mol. The fourth-order valence-electron chi connectivity index (χ4n) is 2.37. The minimum atomic E-state index is -4.69. The van der Waals surface area contributed by atoms with Crippen LogP contribution in [0.1, 0.15) is 15.4 Å². The molecule has 0 bridgehead atoms. The van der Waals surface area contributed by atoms with Gasteiger partial charge in [0.25, 0.3) is 6.23 Å². The molecule has 1 aliphatic rings. The van der Waals surface area contributed by atoms with E-state index in [9.17, 15) is 23.2 Å². The Morgan fingerprint density at radius 3 is 2.68 bits per heavy atom. The molecule has 1 fully saturated rings. The maximum Gasteiger partial charge on any atom is 0.445 e. The number of aromatic nitrogens is 3. The van der Waals surface area contributed by atoms with E-state index in [1.54, 1.807) is 11.9 Å². The Bertz CT molecular complexity index is 772. The third-order valence-corrected chi connectivity index (χ3v) is 4.60. The van der Waals surface area contributed by atoms with Crippen LogP contribution in [0.5, 0.6) is 0 Å². The molecular formula is C13H12F3N5O3S. The molecule has 0 spiro atoms. The molecule has 2 aromatic heterocycles. The van der Waals surface area contributed by atoms with Gasteiger partial charge in [0.2, 0.25) is 5.01 Å².